The minimum atomic E-state index is 0.344. The van der Waals surface area contributed by atoms with Gasteiger partial charge in [0, 0.05) is 6.61 Å². The van der Waals surface area contributed by atoms with Gasteiger partial charge < -0.3 is 5.11 Å². The average molecular weight is 371 g/mol. The molecule has 6 atom stereocenters. The third-order valence-corrected chi connectivity index (χ3v) is 8.37. The number of allylic oxidation sites excluding steroid dienone is 5. The van der Waals surface area contributed by atoms with Crippen LogP contribution in [0, 0.1) is 35.0 Å². The summed E-state index contributed by atoms with van der Waals surface area (Å²) in [5, 5.41) is 9.23. The van der Waals surface area contributed by atoms with Crippen molar-refractivity contribution in [1.29, 1.82) is 0 Å². The Bertz CT molecular complexity index is 597. The maximum atomic E-state index is 9.23. The van der Waals surface area contributed by atoms with Crippen LogP contribution in [0.25, 0.3) is 0 Å². The Balaban J connectivity index is 1.77. The summed E-state index contributed by atoms with van der Waals surface area (Å²) in [7, 11) is 0. The van der Waals surface area contributed by atoms with Gasteiger partial charge in [-0.1, -0.05) is 52.0 Å². The van der Waals surface area contributed by atoms with E-state index in [4.69, 9.17) is 0 Å². The minimum Gasteiger partial charge on any atom is -0.396 e. The zero-order valence-electron chi connectivity index (χ0n) is 18.3. The first-order valence-corrected chi connectivity index (χ1v) is 11.6. The third kappa shape index (κ3) is 4.29. The van der Waals surface area contributed by atoms with Crippen molar-refractivity contribution in [3.05, 3.63) is 35.5 Å². The van der Waals surface area contributed by atoms with Gasteiger partial charge >= 0.3 is 0 Å². The largest absolute Gasteiger partial charge is 0.396 e. The Morgan fingerprint density at radius 3 is 2.78 bits per heavy atom. The Kier molecular flexibility index (Phi) is 6.72. The molecular formula is C26H42O. The molecule has 0 aliphatic heterocycles. The predicted octanol–water partition coefficient (Wildman–Crippen LogP) is 7.09. The molecule has 0 radical (unpaired) electrons. The lowest BCUT2D eigenvalue weighted by atomic mass is 9.60. The molecule has 3 aliphatic carbocycles. The monoisotopic (exact) mass is 370 g/mol. The third-order valence-electron chi connectivity index (χ3n) is 8.37. The fraction of sp³-hybridized carbons (Fsp3) is 0.769. The second-order valence-corrected chi connectivity index (χ2v) is 10.3. The van der Waals surface area contributed by atoms with E-state index in [2.05, 4.69) is 46.4 Å². The molecule has 3 aliphatic rings. The molecule has 27 heavy (non-hydrogen) atoms. The zero-order chi connectivity index (χ0) is 19.6. The lowest BCUT2D eigenvalue weighted by Crippen LogP contribution is -2.36. The molecule has 3 rings (SSSR count). The predicted molar refractivity (Wildman–Crippen MR) is 117 cm³/mol. The molecule has 152 valence electrons. The van der Waals surface area contributed by atoms with E-state index in [0.29, 0.717) is 17.9 Å². The van der Waals surface area contributed by atoms with Crippen LogP contribution in [-0.2, 0) is 0 Å². The lowest BCUT2D eigenvalue weighted by molar-refractivity contribution is 0.0909. The van der Waals surface area contributed by atoms with Crippen LogP contribution < -0.4 is 0 Å². The number of aliphatic hydroxyl groups is 1. The first kappa shape index (κ1) is 20.9. The molecule has 3 fully saturated rings. The quantitative estimate of drug-likeness (QED) is 0.548. The smallest absolute Gasteiger partial charge is 0.0431 e. The van der Waals surface area contributed by atoms with E-state index in [1.807, 2.05) is 0 Å². The summed E-state index contributed by atoms with van der Waals surface area (Å²) in [5.41, 5.74) is 5.07. The van der Waals surface area contributed by atoms with E-state index in [-0.39, 0.29) is 0 Å². The molecular weight excluding hydrogens is 328 g/mol. The van der Waals surface area contributed by atoms with Crippen molar-refractivity contribution >= 4 is 0 Å². The molecule has 0 bridgehead atoms. The molecule has 0 spiro atoms. The molecule has 0 aromatic rings. The molecule has 0 heterocycles. The van der Waals surface area contributed by atoms with Crippen LogP contribution in [0.4, 0.5) is 0 Å². The van der Waals surface area contributed by atoms with Crippen LogP contribution in [0.2, 0.25) is 0 Å². The first-order chi connectivity index (χ1) is 12.9. The lowest BCUT2D eigenvalue weighted by Gasteiger charge is -2.44. The number of fused-ring (bicyclic) bond motifs is 1. The average Bonchev–Trinajstić information content (AvgIpc) is 2.99. The van der Waals surface area contributed by atoms with E-state index in [9.17, 15) is 5.11 Å². The van der Waals surface area contributed by atoms with Crippen molar-refractivity contribution in [2.75, 3.05) is 6.61 Å². The standard InChI is InChI=1S/C26H42O/c1-18-16-20(3)21(4)23(17-18)11-10-22-9-6-14-26(5)24(12-13-25(22)26)19(2)8-7-15-27/h10-11,18-20,24-25,27H,4,6-9,12-17H2,1-3,5H3/b22-10+,23-11-/t18-,19+,20-,24?,25-,26+/m0/s1. The van der Waals surface area contributed by atoms with Crippen LogP contribution >= 0.6 is 0 Å². The van der Waals surface area contributed by atoms with E-state index in [1.165, 1.54) is 62.5 Å². The molecule has 0 aromatic carbocycles. The topological polar surface area (TPSA) is 20.2 Å². The Hall–Kier alpha value is -0.820. The van der Waals surface area contributed by atoms with Gasteiger partial charge in [-0.25, -0.2) is 0 Å². The van der Waals surface area contributed by atoms with Crippen molar-refractivity contribution in [2.24, 2.45) is 35.0 Å². The second-order valence-electron chi connectivity index (χ2n) is 10.3. The first-order valence-electron chi connectivity index (χ1n) is 11.6. The van der Waals surface area contributed by atoms with Crippen molar-refractivity contribution in [3.8, 4) is 0 Å². The summed E-state index contributed by atoms with van der Waals surface area (Å²) in [6.45, 7) is 14.5. The SMILES string of the molecule is C=C1/C(=C\C=C2/CCC[C@]3(C)C([C@H](C)CCCO)CC[C@@H]23)C[C@@H](C)C[C@@H]1C. The van der Waals surface area contributed by atoms with Gasteiger partial charge in [-0.2, -0.15) is 0 Å². The number of hydrogen-bond donors (Lipinski definition) is 1. The van der Waals surface area contributed by atoms with Gasteiger partial charge in [0.1, 0.15) is 0 Å². The van der Waals surface area contributed by atoms with Gasteiger partial charge in [0.25, 0.3) is 0 Å². The maximum absolute atomic E-state index is 9.23. The molecule has 0 aromatic heterocycles. The highest BCUT2D eigenvalue weighted by Gasteiger charge is 2.50. The van der Waals surface area contributed by atoms with Crippen molar-refractivity contribution in [3.63, 3.8) is 0 Å². The van der Waals surface area contributed by atoms with Crippen LogP contribution in [0.5, 0.6) is 0 Å². The maximum Gasteiger partial charge on any atom is 0.0431 e. The fourth-order valence-electron chi connectivity index (χ4n) is 6.86. The fourth-order valence-corrected chi connectivity index (χ4v) is 6.86. The summed E-state index contributed by atoms with van der Waals surface area (Å²) in [4.78, 5) is 0. The van der Waals surface area contributed by atoms with Gasteiger partial charge in [-0.15, -0.1) is 0 Å². The Labute approximate surface area is 168 Å². The summed E-state index contributed by atoms with van der Waals surface area (Å²) in [5.74, 6) is 3.77. The molecule has 1 heteroatoms. The van der Waals surface area contributed by atoms with Gasteiger partial charge in [0.05, 0.1) is 0 Å². The summed E-state index contributed by atoms with van der Waals surface area (Å²) in [6.07, 6.45) is 16.4. The highest BCUT2D eigenvalue weighted by molar-refractivity contribution is 5.37. The summed E-state index contributed by atoms with van der Waals surface area (Å²) >= 11 is 0. The molecule has 1 unspecified atom stereocenters. The van der Waals surface area contributed by atoms with Crippen molar-refractivity contribution in [2.45, 2.75) is 85.5 Å². The Morgan fingerprint density at radius 2 is 2.04 bits per heavy atom. The molecule has 0 saturated heterocycles. The number of rotatable bonds is 5. The normalized spacial score (nSPS) is 41.1. The van der Waals surface area contributed by atoms with Crippen molar-refractivity contribution < 1.29 is 5.11 Å². The summed E-state index contributed by atoms with van der Waals surface area (Å²) in [6, 6.07) is 0. The zero-order valence-corrected chi connectivity index (χ0v) is 18.3. The van der Waals surface area contributed by atoms with Gasteiger partial charge in [-0.05, 0) is 104 Å². The molecule has 1 N–H and O–H groups in total. The van der Waals surface area contributed by atoms with E-state index in [0.717, 1.165) is 30.1 Å². The molecule has 0 amide bonds. The molecule has 3 saturated carbocycles. The van der Waals surface area contributed by atoms with Gasteiger partial charge in [-0.3, -0.25) is 0 Å². The van der Waals surface area contributed by atoms with Gasteiger partial charge in [0.15, 0.2) is 0 Å². The van der Waals surface area contributed by atoms with E-state index >= 15 is 0 Å². The van der Waals surface area contributed by atoms with E-state index in [1.54, 1.807) is 5.57 Å². The van der Waals surface area contributed by atoms with Crippen molar-refractivity contribution in [1.82, 2.24) is 0 Å². The number of aliphatic hydroxyl groups excluding tert-OH is 1. The van der Waals surface area contributed by atoms with E-state index < -0.39 is 0 Å². The van der Waals surface area contributed by atoms with Crippen LogP contribution in [0.1, 0.15) is 85.5 Å². The van der Waals surface area contributed by atoms with Crippen LogP contribution in [-0.4, -0.2) is 11.7 Å². The summed E-state index contributed by atoms with van der Waals surface area (Å²) < 4.78 is 0. The molecule has 1 nitrogen and oxygen atoms in total. The highest BCUT2D eigenvalue weighted by atomic mass is 16.2. The van der Waals surface area contributed by atoms with Crippen LogP contribution in [0.15, 0.2) is 35.5 Å². The van der Waals surface area contributed by atoms with Crippen LogP contribution in [0.3, 0.4) is 0 Å². The second kappa shape index (κ2) is 8.68. The highest BCUT2D eigenvalue weighted by Crippen LogP contribution is 2.59. The van der Waals surface area contributed by atoms with Gasteiger partial charge in [0.2, 0.25) is 0 Å². The minimum absolute atomic E-state index is 0.344. The number of hydrogen-bond acceptors (Lipinski definition) is 1. The Morgan fingerprint density at radius 1 is 1.26 bits per heavy atom.